The summed E-state index contributed by atoms with van der Waals surface area (Å²) in [6.07, 6.45) is 5.18. The topological polar surface area (TPSA) is 63.3 Å². The quantitative estimate of drug-likeness (QED) is 0.615. The number of carbonyl (C=O) groups excluding carboxylic acids is 2. The fraction of sp³-hybridized carbons (Fsp3) is 0.318. The molecule has 144 valence electrons. The van der Waals surface area contributed by atoms with Crippen molar-refractivity contribution in [2.75, 3.05) is 27.2 Å². The number of rotatable bonds is 6. The lowest BCUT2D eigenvalue weighted by Gasteiger charge is -2.20. The molecule has 1 aromatic heterocycles. The Labute approximate surface area is 164 Å². The molecule has 2 aromatic rings. The number of Topliss-reactive ketones (excluding diaryl/α,β-unsaturated/α-hetero) is 1. The van der Waals surface area contributed by atoms with Crippen LogP contribution in [-0.2, 0) is 22.5 Å². The molecule has 0 bridgehead atoms. The Bertz CT molecular complexity index is 1000. The third-order valence-electron chi connectivity index (χ3n) is 5.35. The summed E-state index contributed by atoms with van der Waals surface area (Å²) < 4.78 is 8.93. The normalized spacial score (nSPS) is 15.2. The van der Waals surface area contributed by atoms with Crippen LogP contribution >= 0.6 is 0 Å². The average molecular weight is 378 g/mol. The number of nitrogens with zero attached hydrogens (tertiary/aromatic N) is 2. The molecular formula is C22H24N3O3+. The van der Waals surface area contributed by atoms with Crippen molar-refractivity contribution in [1.29, 1.82) is 0 Å². The van der Waals surface area contributed by atoms with Gasteiger partial charge in [0.1, 0.15) is 19.3 Å². The van der Waals surface area contributed by atoms with E-state index in [1.54, 1.807) is 0 Å². The zero-order chi connectivity index (χ0) is 19.7. The number of methoxy groups -OCH3 is 1. The molecule has 0 atom stereocenters. The van der Waals surface area contributed by atoms with E-state index in [0.29, 0.717) is 18.8 Å². The Morgan fingerprint density at radius 3 is 2.82 bits per heavy atom. The van der Waals surface area contributed by atoms with Gasteiger partial charge in [-0.2, -0.15) is 0 Å². The second-order valence-electron chi connectivity index (χ2n) is 7.19. The molecule has 6 nitrogen and oxygen atoms in total. The minimum atomic E-state index is -0.297. The Hall–Kier alpha value is -3.15. The standard InChI is InChI=1S/C22H23N3O3/c1-24-11-9-16-14-25(13-15-6-4-3-5-7-15)21-20(16)18(24)12-17(22(21)27)23-10-8-19(26)28-2/h3-7,12,14H,8-11,13H2,1-2H3/p+1. The van der Waals surface area contributed by atoms with E-state index in [0.717, 1.165) is 35.5 Å². The Balaban J connectivity index is 1.69. The number of esters is 1. The highest BCUT2D eigenvalue weighted by molar-refractivity contribution is 6.24. The van der Waals surface area contributed by atoms with E-state index in [1.165, 1.54) is 12.7 Å². The van der Waals surface area contributed by atoms with Crippen molar-refractivity contribution < 1.29 is 18.9 Å². The van der Waals surface area contributed by atoms with Crippen LogP contribution < -0.4 is 5.32 Å². The third kappa shape index (κ3) is 3.26. The van der Waals surface area contributed by atoms with Crippen LogP contribution in [0, 0.1) is 0 Å². The summed E-state index contributed by atoms with van der Waals surface area (Å²) in [7, 11) is 3.42. The smallest absolute Gasteiger partial charge is 0.307 e. The minimum absolute atomic E-state index is 0.0268. The summed E-state index contributed by atoms with van der Waals surface area (Å²) >= 11 is 0. The summed E-state index contributed by atoms with van der Waals surface area (Å²) in [5.74, 6) is -0.324. The molecule has 0 saturated heterocycles. The fourth-order valence-corrected chi connectivity index (χ4v) is 3.88. The first-order chi connectivity index (χ1) is 13.6. The van der Waals surface area contributed by atoms with E-state index >= 15 is 0 Å². The molecule has 0 radical (unpaired) electrons. The van der Waals surface area contributed by atoms with E-state index in [2.05, 4.69) is 44.6 Å². The molecule has 1 aliphatic carbocycles. The number of benzene rings is 1. The van der Waals surface area contributed by atoms with Gasteiger partial charge in [-0.15, -0.1) is 0 Å². The summed E-state index contributed by atoms with van der Waals surface area (Å²) in [6.45, 7) is 1.93. The van der Waals surface area contributed by atoms with Crippen LogP contribution in [0.15, 0.2) is 48.3 Å². The highest BCUT2D eigenvalue weighted by atomic mass is 16.5. The molecule has 0 unspecified atom stereocenters. The molecule has 2 aliphatic rings. The van der Waals surface area contributed by atoms with E-state index in [-0.39, 0.29) is 18.2 Å². The number of ether oxygens (including phenoxy) is 1. The average Bonchev–Trinajstić information content (AvgIpc) is 3.07. The van der Waals surface area contributed by atoms with Crippen LogP contribution in [-0.4, -0.2) is 53.9 Å². The molecule has 0 fully saturated rings. The minimum Gasteiger partial charge on any atom is -0.469 e. The summed E-state index contributed by atoms with van der Waals surface area (Å²) in [5.41, 5.74) is 5.74. The number of allylic oxidation sites excluding steroid dienone is 2. The lowest BCUT2D eigenvalue weighted by Crippen LogP contribution is -2.35. The maximum absolute atomic E-state index is 13.3. The molecule has 6 heteroatoms. The number of hydrogen-bond donors (Lipinski definition) is 1. The lowest BCUT2D eigenvalue weighted by molar-refractivity contribution is -0.497. The number of carbonyl (C=O) groups is 2. The first-order valence-corrected chi connectivity index (χ1v) is 9.50. The van der Waals surface area contributed by atoms with Crippen molar-refractivity contribution in [2.24, 2.45) is 0 Å². The zero-order valence-electron chi connectivity index (χ0n) is 16.2. The second kappa shape index (κ2) is 7.46. The van der Waals surface area contributed by atoms with Gasteiger partial charge in [-0.1, -0.05) is 30.3 Å². The molecule has 0 amide bonds. The highest BCUT2D eigenvalue weighted by Gasteiger charge is 2.37. The predicted octanol–water partition coefficient (Wildman–Crippen LogP) is 1.76. The van der Waals surface area contributed by atoms with E-state index < -0.39 is 0 Å². The Morgan fingerprint density at radius 1 is 1.29 bits per heavy atom. The van der Waals surface area contributed by atoms with Crippen LogP contribution in [0.5, 0.6) is 0 Å². The van der Waals surface area contributed by atoms with Crippen LogP contribution in [0.25, 0.3) is 0 Å². The Morgan fingerprint density at radius 2 is 2.07 bits per heavy atom. The van der Waals surface area contributed by atoms with Gasteiger partial charge in [0, 0.05) is 31.8 Å². The molecule has 0 saturated carbocycles. The SMILES string of the molecule is COC(=O)CCNC1=CC2=[N+](C)CCc3cn(Cc4ccccc4)c(c32)C1=O. The van der Waals surface area contributed by atoms with Crippen molar-refractivity contribution in [3.63, 3.8) is 0 Å². The van der Waals surface area contributed by atoms with Crippen LogP contribution in [0.3, 0.4) is 0 Å². The van der Waals surface area contributed by atoms with Crippen molar-refractivity contribution in [2.45, 2.75) is 19.4 Å². The number of ketones is 1. The molecule has 0 spiro atoms. The van der Waals surface area contributed by atoms with Gasteiger partial charge >= 0.3 is 5.97 Å². The molecule has 1 N–H and O–H groups in total. The predicted molar refractivity (Wildman–Crippen MR) is 106 cm³/mol. The van der Waals surface area contributed by atoms with Gasteiger partial charge in [0.15, 0.2) is 0 Å². The Kier molecular flexibility index (Phi) is 4.86. The number of aromatic nitrogens is 1. The van der Waals surface area contributed by atoms with Gasteiger partial charge in [-0.25, -0.2) is 4.58 Å². The molecule has 28 heavy (non-hydrogen) atoms. The van der Waals surface area contributed by atoms with E-state index in [1.807, 2.05) is 24.3 Å². The molecular weight excluding hydrogens is 354 g/mol. The first-order valence-electron chi connectivity index (χ1n) is 9.50. The largest absolute Gasteiger partial charge is 0.469 e. The van der Waals surface area contributed by atoms with E-state index in [9.17, 15) is 9.59 Å². The molecule has 2 heterocycles. The number of nitrogens with one attached hydrogen (secondary N) is 1. The van der Waals surface area contributed by atoms with Gasteiger partial charge < -0.3 is 14.6 Å². The third-order valence-corrected chi connectivity index (χ3v) is 5.35. The molecule has 4 rings (SSSR count). The first kappa shape index (κ1) is 18.2. The van der Waals surface area contributed by atoms with Gasteiger partial charge in [0.2, 0.25) is 11.5 Å². The maximum Gasteiger partial charge on any atom is 0.307 e. The van der Waals surface area contributed by atoms with Crippen molar-refractivity contribution >= 4 is 17.5 Å². The molecule has 1 aromatic carbocycles. The van der Waals surface area contributed by atoms with Gasteiger partial charge in [0.05, 0.1) is 24.8 Å². The van der Waals surface area contributed by atoms with Crippen LogP contribution in [0.4, 0.5) is 0 Å². The fourth-order valence-electron chi connectivity index (χ4n) is 3.88. The van der Waals surface area contributed by atoms with Gasteiger partial charge in [-0.05, 0) is 11.1 Å². The summed E-state index contributed by atoms with van der Waals surface area (Å²) in [6, 6.07) is 10.2. The second-order valence-corrected chi connectivity index (χ2v) is 7.19. The molecule has 1 aliphatic heterocycles. The summed E-state index contributed by atoms with van der Waals surface area (Å²) in [5, 5.41) is 3.14. The van der Waals surface area contributed by atoms with Crippen LogP contribution in [0.2, 0.25) is 0 Å². The van der Waals surface area contributed by atoms with Crippen molar-refractivity contribution in [3.8, 4) is 0 Å². The lowest BCUT2D eigenvalue weighted by atomic mass is 9.91. The highest BCUT2D eigenvalue weighted by Crippen LogP contribution is 2.29. The van der Waals surface area contributed by atoms with Crippen LogP contribution in [0.1, 0.15) is 33.6 Å². The monoisotopic (exact) mass is 378 g/mol. The number of hydrogen-bond acceptors (Lipinski definition) is 4. The van der Waals surface area contributed by atoms with E-state index in [4.69, 9.17) is 0 Å². The maximum atomic E-state index is 13.3. The van der Waals surface area contributed by atoms with Gasteiger partial charge in [0.25, 0.3) is 0 Å². The summed E-state index contributed by atoms with van der Waals surface area (Å²) in [4.78, 5) is 24.7. The number of likely N-dealkylation sites (N-methyl/N-ethyl adjacent to an activating group) is 1. The van der Waals surface area contributed by atoms with Crippen molar-refractivity contribution in [3.05, 3.63) is 70.7 Å². The van der Waals surface area contributed by atoms with Gasteiger partial charge in [-0.3, -0.25) is 9.59 Å². The zero-order valence-corrected chi connectivity index (χ0v) is 16.2. The van der Waals surface area contributed by atoms with Crippen molar-refractivity contribution in [1.82, 2.24) is 9.88 Å².